The molecule has 0 saturated carbocycles. The maximum Gasteiger partial charge on any atom is 0.161 e. The number of hydrogen-bond donors (Lipinski definition) is 1. The van der Waals surface area contributed by atoms with Crippen molar-refractivity contribution in [2.24, 2.45) is 0 Å². The average molecular weight is 278 g/mol. The Balaban J connectivity index is 2.14. The van der Waals surface area contributed by atoms with Crippen molar-refractivity contribution in [1.82, 2.24) is 20.2 Å². The van der Waals surface area contributed by atoms with E-state index < -0.39 is 11.6 Å². The van der Waals surface area contributed by atoms with Gasteiger partial charge in [-0.3, -0.25) is 0 Å². The van der Waals surface area contributed by atoms with E-state index in [0.717, 1.165) is 22.7 Å². The fourth-order valence-electron chi connectivity index (χ4n) is 1.72. The Morgan fingerprint density at radius 3 is 2.74 bits per heavy atom. The first-order valence-corrected chi connectivity index (χ1v) is 6.61. The number of halogens is 2. The first-order chi connectivity index (χ1) is 9.17. The van der Waals surface area contributed by atoms with Crippen molar-refractivity contribution < 1.29 is 8.78 Å². The van der Waals surface area contributed by atoms with Gasteiger partial charge in [0.05, 0.1) is 17.2 Å². The van der Waals surface area contributed by atoms with Gasteiger partial charge in [-0.15, -0.1) is 16.9 Å². The van der Waals surface area contributed by atoms with Crippen LogP contribution in [0, 0.1) is 11.6 Å². The van der Waals surface area contributed by atoms with Gasteiger partial charge < -0.3 is 4.98 Å². The van der Waals surface area contributed by atoms with Gasteiger partial charge in [-0.2, -0.15) is 5.10 Å². The van der Waals surface area contributed by atoms with Crippen molar-refractivity contribution in [2.45, 2.75) is 5.03 Å². The largest absolute Gasteiger partial charge is 0.338 e. The van der Waals surface area contributed by atoms with Crippen molar-refractivity contribution in [3.05, 3.63) is 36.0 Å². The number of rotatable bonds is 2. The minimum absolute atomic E-state index is 0.372. The number of fused-ring (bicyclic) bond motifs is 1. The van der Waals surface area contributed by atoms with Gasteiger partial charge in [-0.05, 0) is 12.3 Å². The van der Waals surface area contributed by atoms with Crippen LogP contribution in [0.1, 0.15) is 0 Å². The molecule has 0 unspecified atom stereocenters. The first kappa shape index (κ1) is 12.0. The Bertz CT molecular complexity index is 718. The van der Waals surface area contributed by atoms with Gasteiger partial charge in [0.25, 0.3) is 0 Å². The third-order valence-electron chi connectivity index (χ3n) is 2.64. The van der Waals surface area contributed by atoms with Crippen molar-refractivity contribution in [3.63, 3.8) is 0 Å². The summed E-state index contributed by atoms with van der Waals surface area (Å²) in [7, 11) is 0. The normalized spacial score (nSPS) is 11.1. The fraction of sp³-hybridized carbons (Fsp3) is 0.0833. The highest BCUT2D eigenvalue weighted by atomic mass is 32.2. The lowest BCUT2D eigenvalue weighted by Crippen LogP contribution is -1.87. The van der Waals surface area contributed by atoms with Crippen LogP contribution in [0.3, 0.4) is 0 Å². The molecule has 0 aliphatic heterocycles. The van der Waals surface area contributed by atoms with Gasteiger partial charge in [0.2, 0.25) is 0 Å². The first-order valence-electron chi connectivity index (χ1n) is 5.39. The molecule has 0 radical (unpaired) electrons. The molecule has 0 spiro atoms. The van der Waals surface area contributed by atoms with Crippen LogP contribution in [0.25, 0.3) is 22.4 Å². The number of imidazole rings is 1. The highest BCUT2D eigenvalue weighted by molar-refractivity contribution is 7.98. The quantitative estimate of drug-likeness (QED) is 0.732. The Kier molecular flexibility index (Phi) is 2.90. The minimum atomic E-state index is -0.914. The number of thioether (sulfide) groups is 1. The molecule has 96 valence electrons. The van der Waals surface area contributed by atoms with E-state index in [9.17, 15) is 8.78 Å². The lowest BCUT2D eigenvalue weighted by atomic mass is 10.3. The highest BCUT2D eigenvalue weighted by Gasteiger charge is 2.10. The molecule has 3 rings (SSSR count). The molecule has 0 bridgehead atoms. The summed E-state index contributed by atoms with van der Waals surface area (Å²) in [5.41, 5.74) is 1.53. The Morgan fingerprint density at radius 2 is 1.95 bits per heavy atom. The van der Waals surface area contributed by atoms with E-state index in [1.807, 2.05) is 12.3 Å². The molecule has 0 aliphatic rings. The summed E-state index contributed by atoms with van der Waals surface area (Å²) in [5.74, 6) is -1.31. The monoisotopic (exact) mass is 278 g/mol. The maximum atomic E-state index is 13.1. The zero-order chi connectivity index (χ0) is 13.4. The van der Waals surface area contributed by atoms with Crippen molar-refractivity contribution in [2.75, 3.05) is 6.26 Å². The topological polar surface area (TPSA) is 54.5 Å². The molecule has 0 aliphatic carbocycles. The Hall–Kier alpha value is -2.02. The summed E-state index contributed by atoms with van der Waals surface area (Å²) in [6.45, 7) is 0. The average Bonchev–Trinajstić information content (AvgIpc) is 2.82. The molecule has 4 nitrogen and oxygen atoms in total. The summed E-state index contributed by atoms with van der Waals surface area (Å²) in [6, 6.07) is 3.96. The van der Waals surface area contributed by atoms with Crippen LogP contribution in [0.2, 0.25) is 0 Å². The number of nitrogens with zero attached hydrogens (tertiary/aromatic N) is 3. The van der Waals surface area contributed by atoms with Crippen LogP contribution < -0.4 is 0 Å². The number of hydrogen-bond acceptors (Lipinski definition) is 4. The van der Waals surface area contributed by atoms with Gasteiger partial charge in [-0.25, -0.2) is 13.8 Å². The number of H-pyrrole nitrogens is 1. The highest BCUT2D eigenvalue weighted by Crippen LogP contribution is 2.23. The van der Waals surface area contributed by atoms with E-state index >= 15 is 0 Å². The van der Waals surface area contributed by atoms with Gasteiger partial charge >= 0.3 is 0 Å². The fourth-order valence-corrected chi connectivity index (χ4v) is 2.09. The van der Waals surface area contributed by atoms with Crippen molar-refractivity contribution in [3.8, 4) is 11.4 Å². The summed E-state index contributed by atoms with van der Waals surface area (Å²) in [4.78, 5) is 7.16. The second kappa shape index (κ2) is 4.58. The van der Waals surface area contributed by atoms with Gasteiger partial charge in [0.15, 0.2) is 11.6 Å². The SMILES string of the molecule is CSc1cc(-c2nc3cc(F)c(F)cc3[nH]2)cnn1. The second-order valence-corrected chi connectivity index (χ2v) is 4.68. The van der Waals surface area contributed by atoms with E-state index in [2.05, 4.69) is 20.2 Å². The predicted molar refractivity (Wildman–Crippen MR) is 68.8 cm³/mol. The number of aromatic amines is 1. The van der Waals surface area contributed by atoms with Crippen LogP contribution in [-0.2, 0) is 0 Å². The summed E-state index contributed by atoms with van der Waals surface area (Å²) in [6.07, 6.45) is 3.43. The third-order valence-corrected chi connectivity index (χ3v) is 3.26. The molecule has 1 N–H and O–H groups in total. The van der Waals surface area contributed by atoms with Crippen molar-refractivity contribution in [1.29, 1.82) is 0 Å². The number of aromatic nitrogens is 4. The van der Waals surface area contributed by atoms with E-state index in [4.69, 9.17) is 0 Å². The standard InChI is InChI=1S/C12H8F2N4S/c1-19-11-2-6(5-15-18-11)12-16-9-3-7(13)8(14)4-10(9)17-12/h2-5H,1H3,(H,16,17). The van der Waals surface area contributed by atoms with E-state index in [1.165, 1.54) is 11.8 Å². The molecule has 0 atom stereocenters. The lowest BCUT2D eigenvalue weighted by Gasteiger charge is -1.97. The molecule has 3 aromatic rings. The minimum Gasteiger partial charge on any atom is -0.338 e. The van der Waals surface area contributed by atoms with Crippen LogP contribution in [0.5, 0.6) is 0 Å². The number of benzene rings is 1. The van der Waals surface area contributed by atoms with E-state index in [0.29, 0.717) is 16.9 Å². The Morgan fingerprint density at radius 1 is 1.16 bits per heavy atom. The molecule has 2 aromatic heterocycles. The van der Waals surface area contributed by atoms with E-state index in [1.54, 1.807) is 6.20 Å². The summed E-state index contributed by atoms with van der Waals surface area (Å²) in [5, 5.41) is 8.52. The molecule has 0 saturated heterocycles. The molecular weight excluding hydrogens is 270 g/mol. The molecule has 1 aromatic carbocycles. The van der Waals surface area contributed by atoms with Crippen LogP contribution in [0.4, 0.5) is 8.78 Å². The molecule has 19 heavy (non-hydrogen) atoms. The smallest absolute Gasteiger partial charge is 0.161 e. The van der Waals surface area contributed by atoms with Gasteiger partial charge in [0.1, 0.15) is 10.9 Å². The summed E-state index contributed by atoms with van der Waals surface area (Å²) >= 11 is 1.45. The van der Waals surface area contributed by atoms with E-state index in [-0.39, 0.29) is 0 Å². The lowest BCUT2D eigenvalue weighted by molar-refractivity contribution is 0.510. The molecular formula is C12H8F2N4S. The molecule has 2 heterocycles. The predicted octanol–water partition coefficient (Wildman–Crippen LogP) is 3.02. The second-order valence-electron chi connectivity index (χ2n) is 3.86. The number of nitrogens with one attached hydrogen (secondary N) is 1. The molecule has 0 fully saturated rings. The summed E-state index contributed by atoms with van der Waals surface area (Å²) < 4.78 is 26.3. The maximum absolute atomic E-state index is 13.1. The van der Waals surface area contributed by atoms with Gasteiger partial charge in [-0.1, -0.05) is 0 Å². The zero-order valence-corrected chi connectivity index (χ0v) is 10.6. The van der Waals surface area contributed by atoms with Crippen LogP contribution in [0.15, 0.2) is 29.4 Å². The van der Waals surface area contributed by atoms with Crippen molar-refractivity contribution >= 4 is 22.8 Å². The third kappa shape index (κ3) is 2.17. The molecule has 0 amide bonds. The van der Waals surface area contributed by atoms with Crippen LogP contribution >= 0.6 is 11.8 Å². The zero-order valence-electron chi connectivity index (χ0n) is 9.82. The molecule has 7 heteroatoms. The van der Waals surface area contributed by atoms with Gasteiger partial charge in [0, 0.05) is 17.7 Å². The Labute approximate surface area is 111 Å². The van der Waals surface area contributed by atoms with Crippen LogP contribution in [-0.4, -0.2) is 26.4 Å².